The van der Waals surface area contributed by atoms with Gasteiger partial charge in [-0.2, -0.15) is 11.3 Å². The minimum absolute atomic E-state index is 0.141. The maximum absolute atomic E-state index is 11.9. The molecule has 3 rings (SSSR count). The number of aliphatic hydroxyl groups excluding tert-OH is 1. The first-order valence-corrected chi connectivity index (χ1v) is 8.21. The Morgan fingerprint density at radius 3 is 2.71 bits per heavy atom. The molecule has 2 aromatic heterocycles. The maximum atomic E-state index is 11.9. The highest BCUT2D eigenvalue weighted by molar-refractivity contribution is 7.07. The summed E-state index contributed by atoms with van der Waals surface area (Å²) >= 11 is 1.50. The highest BCUT2D eigenvalue weighted by Gasteiger charge is 2.10. The van der Waals surface area contributed by atoms with Crippen LogP contribution in [0.5, 0.6) is 0 Å². The van der Waals surface area contributed by atoms with E-state index in [1.807, 2.05) is 16.8 Å². The molecule has 7 nitrogen and oxygen atoms in total. The van der Waals surface area contributed by atoms with E-state index in [1.54, 1.807) is 31.2 Å². The van der Waals surface area contributed by atoms with Crippen molar-refractivity contribution >= 4 is 23.1 Å². The quantitative estimate of drug-likeness (QED) is 0.661. The lowest BCUT2D eigenvalue weighted by molar-refractivity contribution is 0.175. The Bertz CT molecular complexity index is 799. The second-order valence-electron chi connectivity index (χ2n) is 5.11. The molecule has 1 aromatic carbocycles. The van der Waals surface area contributed by atoms with Crippen molar-refractivity contribution in [1.82, 2.24) is 15.5 Å². The van der Waals surface area contributed by atoms with Gasteiger partial charge in [0.05, 0.1) is 6.10 Å². The molecule has 0 spiro atoms. The van der Waals surface area contributed by atoms with E-state index in [9.17, 15) is 9.90 Å². The molecule has 0 saturated heterocycles. The number of thiophene rings is 1. The van der Waals surface area contributed by atoms with Crippen LogP contribution in [0.2, 0.25) is 0 Å². The number of hydrogen-bond donors (Lipinski definition) is 3. The third-order valence-electron chi connectivity index (χ3n) is 3.30. The van der Waals surface area contributed by atoms with Gasteiger partial charge in [-0.3, -0.25) is 0 Å². The number of carbonyl (C=O) groups is 1. The lowest BCUT2D eigenvalue weighted by atomic mass is 10.2. The zero-order chi connectivity index (χ0) is 16.9. The second kappa shape index (κ2) is 7.24. The molecule has 124 valence electrons. The highest BCUT2D eigenvalue weighted by Crippen LogP contribution is 2.20. The van der Waals surface area contributed by atoms with Gasteiger partial charge in [-0.1, -0.05) is 0 Å². The number of benzene rings is 1. The summed E-state index contributed by atoms with van der Waals surface area (Å²) in [4.78, 5) is 11.9. The summed E-state index contributed by atoms with van der Waals surface area (Å²) in [7, 11) is 0. The molecule has 1 unspecified atom stereocenters. The summed E-state index contributed by atoms with van der Waals surface area (Å²) in [6.07, 6.45) is -0.717. The minimum Gasteiger partial charge on any atom is -0.421 e. The van der Waals surface area contributed by atoms with Crippen LogP contribution in [0.25, 0.3) is 11.5 Å². The fraction of sp³-hybridized carbons (Fsp3) is 0.188. The monoisotopic (exact) mass is 344 g/mol. The van der Waals surface area contributed by atoms with Crippen molar-refractivity contribution in [2.45, 2.75) is 13.0 Å². The van der Waals surface area contributed by atoms with Crippen molar-refractivity contribution in [1.29, 1.82) is 0 Å². The summed E-state index contributed by atoms with van der Waals surface area (Å²) in [6, 6.07) is 8.48. The fourth-order valence-corrected chi connectivity index (χ4v) is 2.76. The van der Waals surface area contributed by atoms with Crippen molar-refractivity contribution in [2.75, 3.05) is 11.9 Å². The van der Waals surface area contributed by atoms with Crippen LogP contribution >= 0.6 is 11.3 Å². The molecule has 0 aliphatic rings. The normalized spacial score (nSPS) is 11.9. The van der Waals surface area contributed by atoms with Crippen molar-refractivity contribution in [3.63, 3.8) is 0 Å². The Kier molecular flexibility index (Phi) is 4.88. The number of hydrogen-bond acceptors (Lipinski definition) is 6. The van der Waals surface area contributed by atoms with Gasteiger partial charge in [-0.15, -0.1) is 10.2 Å². The molecule has 1 atom stereocenters. The molecule has 0 aliphatic carbocycles. The SMILES string of the molecule is Cc1nnc(-c2ccc(NC(=O)NCC(O)c3ccsc3)cc2)o1. The van der Waals surface area contributed by atoms with Crippen LogP contribution in [0.4, 0.5) is 10.5 Å². The van der Waals surface area contributed by atoms with Crippen molar-refractivity contribution in [2.24, 2.45) is 0 Å². The number of aromatic nitrogens is 2. The van der Waals surface area contributed by atoms with Gasteiger partial charge >= 0.3 is 6.03 Å². The van der Waals surface area contributed by atoms with E-state index < -0.39 is 6.10 Å². The predicted octanol–water partition coefficient (Wildman–Crippen LogP) is 2.96. The maximum Gasteiger partial charge on any atom is 0.319 e. The van der Waals surface area contributed by atoms with Crippen molar-refractivity contribution < 1.29 is 14.3 Å². The van der Waals surface area contributed by atoms with E-state index in [2.05, 4.69) is 20.8 Å². The number of aliphatic hydroxyl groups is 1. The Balaban J connectivity index is 1.53. The van der Waals surface area contributed by atoms with Crippen LogP contribution in [-0.4, -0.2) is 27.9 Å². The van der Waals surface area contributed by atoms with Gasteiger partial charge in [0.15, 0.2) is 0 Å². The number of rotatable bonds is 5. The molecule has 0 aliphatic heterocycles. The van der Waals surface area contributed by atoms with E-state index >= 15 is 0 Å². The summed E-state index contributed by atoms with van der Waals surface area (Å²) in [5.41, 5.74) is 2.19. The number of urea groups is 1. The average Bonchev–Trinajstić information content (AvgIpc) is 3.25. The summed E-state index contributed by atoms with van der Waals surface area (Å²) < 4.78 is 5.34. The molecule has 0 bridgehead atoms. The van der Waals surface area contributed by atoms with E-state index in [4.69, 9.17) is 4.42 Å². The van der Waals surface area contributed by atoms with Crippen LogP contribution < -0.4 is 10.6 Å². The van der Waals surface area contributed by atoms with Crippen LogP contribution in [0.3, 0.4) is 0 Å². The zero-order valence-corrected chi connectivity index (χ0v) is 13.7. The molecule has 0 radical (unpaired) electrons. The van der Waals surface area contributed by atoms with Crippen LogP contribution in [0.15, 0.2) is 45.5 Å². The second-order valence-corrected chi connectivity index (χ2v) is 5.89. The Hall–Kier alpha value is -2.71. The van der Waals surface area contributed by atoms with Gasteiger partial charge in [0.25, 0.3) is 0 Å². The van der Waals surface area contributed by atoms with Gasteiger partial charge in [-0.05, 0) is 46.7 Å². The molecule has 8 heteroatoms. The summed E-state index contributed by atoms with van der Waals surface area (Å²) in [6.45, 7) is 1.86. The van der Waals surface area contributed by atoms with Crippen LogP contribution in [-0.2, 0) is 0 Å². The number of anilines is 1. The van der Waals surface area contributed by atoms with Gasteiger partial charge in [0.1, 0.15) is 0 Å². The zero-order valence-electron chi connectivity index (χ0n) is 12.9. The lowest BCUT2D eigenvalue weighted by Gasteiger charge is -2.11. The molecule has 3 aromatic rings. The topological polar surface area (TPSA) is 100 Å². The van der Waals surface area contributed by atoms with Gasteiger partial charge in [0, 0.05) is 24.7 Å². The van der Waals surface area contributed by atoms with E-state index in [1.165, 1.54) is 11.3 Å². The number of nitrogens with one attached hydrogen (secondary N) is 2. The van der Waals surface area contributed by atoms with E-state index in [-0.39, 0.29) is 12.6 Å². The minimum atomic E-state index is -0.717. The highest BCUT2D eigenvalue weighted by atomic mass is 32.1. The molecule has 24 heavy (non-hydrogen) atoms. The first-order chi connectivity index (χ1) is 11.6. The van der Waals surface area contributed by atoms with Gasteiger partial charge in [-0.25, -0.2) is 4.79 Å². The average molecular weight is 344 g/mol. The lowest BCUT2D eigenvalue weighted by Crippen LogP contribution is -2.32. The molecule has 2 heterocycles. The molecule has 2 amide bonds. The third kappa shape index (κ3) is 3.98. The smallest absolute Gasteiger partial charge is 0.319 e. The van der Waals surface area contributed by atoms with E-state index in [0.29, 0.717) is 17.5 Å². The summed E-state index contributed by atoms with van der Waals surface area (Å²) in [5.74, 6) is 0.929. The molecular formula is C16H16N4O3S. The van der Waals surface area contributed by atoms with Gasteiger partial charge < -0.3 is 20.2 Å². The number of aryl methyl sites for hydroxylation is 1. The standard InChI is InChI=1S/C16H16N4O3S/c1-10-19-20-15(23-10)11-2-4-13(5-3-11)18-16(22)17-8-14(21)12-6-7-24-9-12/h2-7,9,14,21H,8H2,1H3,(H2,17,18,22). The summed E-state index contributed by atoms with van der Waals surface area (Å²) in [5, 5.41) is 26.7. The predicted molar refractivity (Wildman–Crippen MR) is 90.8 cm³/mol. The first kappa shape index (κ1) is 16.2. The van der Waals surface area contributed by atoms with Crippen LogP contribution in [0.1, 0.15) is 17.6 Å². The van der Waals surface area contributed by atoms with Crippen molar-refractivity contribution in [3.8, 4) is 11.5 Å². The third-order valence-corrected chi connectivity index (χ3v) is 4.00. The Morgan fingerprint density at radius 1 is 1.29 bits per heavy atom. The molecule has 0 saturated carbocycles. The number of amides is 2. The largest absolute Gasteiger partial charge is 0.421 e. The van der Waals surface area contributed by atoms with Crippen molar-refractivity contribution in [3.05, 3.63) is 52.5 Å². The molecular weight excluding hydrogens is 328 g/mol. The Labute approximate surface area is 142 Å². The first-order valence-electron chi connectivity index (χ1n) is 7.27. The Morgan fingerprint density at radius 2 is 2.08 bits per heavy atom. The number of nitrogens with zero attached hydrogens (tertiary/aromatic N) is 2. The molecule has 3 N–H and O–H groups in total. The fourth-order valence-electron chi connectivity index (χ4n) is 2.06. The van der Waals surface area contributed by atoms with Gasteiger partial charge in [0.2, 0.25) is 11.8 Å². The number of carbonyl (C=O) groups excluding carboxylic acids is 1. The van der Waals surface area contributed by atoms with Crippen LogP contribution in [0, 0.1) is 6.92 Å². The molecule has 0 fully saturated rings. The van der Waals surface area contributed by atoms with E-state index in [0.717, 1.165) is 11.1 Å².